The third kappa shape index (κ3) is 5.07. The van der Waals surface area contributed by atoms with Crippen LogP contribution in [0.15, 0.2) is 24.3 Å². The van der Waals surface area contributed by atoms with Gasteiger partial charge in [-0.2, -0.15) is 0 Å². The van der Waals surface area contributed by atoms with Crippen molar-refractivity contribution in [3.8, 4) is 0 Å². The summed E-state index contributed by atoms with van der Waals surface area (Å²) in [5.74, 6) is 0. The van der Waals surface area contributed by atoms with Crippen LogP contribution >= 0.6 is 0 Å². The Bertz CT molecular complexity index is 477. The first-order valence-electron chi connectivity index (χ1n) is 7.48. The third-order valence-electron chi connectivity index (χ3n) is 3.52. The number of amides is 1. The lowest BCUT2D eigenvalue weighted by Gasteiger charge is -2.29. The van der Waals surface area contributed by atoms with Gasteiger partial charge in [0.1, 0.15) is 5.60 Å². The summed E-state index contributed by atoms with van der Waals surface area (Å²) in [5.41, 5.74) is 2.06. The maximum Gasteiger partial charge on any atom is 0.410 e. The van der Waals surface area contributed by atoms with Crippen LogP contribution in [0.4, 0.5) is 4.79 Å². The number of carbonyl (C=O) groups excluding carboxylic acids is 1. The lowest BCUT2D eigenvalue weighted by Crippen LogP contribution is -2.35. The van der Waals surface area contributed by atoms with Crippen molar-refractivity contribution in [2.45, 2.75) is 65.5 Å². The summed E-state index contributed by atoms with van der Waals surface area (Å²) in [7, 11) is 1.77. The largest absolute Gasteiger partial charge is 0.444 e. The van der Waals surface area contributed by atoms with Crippen LogP contribution in [0.25, 0.3) is 0 Å². The molecule has 0 aliphatic rings. The van der Waals surface area contributed by atoms with Gasteiger partial charge >= 0.3 is 6.09 Å². The molecule has 1 atom stereocenters. The van der Waals surface area contributed by atoms with E-state index in [4.69, 9.17) is 4.74 Å². The molecule has 0 heterocycles. The zero-order valence-corrected chi connectivity index (χ0v) is 14.7. The minimum absolute atomic E-state index is 0.0196. The summed E-state index contributed by atoms with van der Waals surface area (Å²) in [6.07, 6.45) is -0.296. The van der Waals surface area contributed by atoms with E-state index in [1.807, 2.05) is 27.7 Å². The van der Waals surface area contributed by atoms with E-state index in [0.29, 0.717) is 0 Å². The van der Waals surface area contributed by atoms with Crippen molar-refractivity contribution in [2.24, 2.45) is 0 Å². The van der Waals surface area contributed by atoms with Gasteiger partial charge in [-0.3, -0.25) is 0 Å². The van der Waals surface area contributed by atoms with Gasteiger partial charge < -0.3 is 9.64 Å². The van der Waals surface area contributed by atoms with Crippen molar-refractivity contribution >= 4 is 6.09 Å². The lowest BCUT2D eigenvalue weighted by atomic mass is 9.86. The highest BCUT2D eigenvalue weighted by Gasteiger charge is 2.24. The zero-order valence-electron chi connectivity index (χ0n) is 14.7. The molecule has 0 spiro atoms. The molecule has 21 heavy (non-hydrogen) atoms. The van der Waals surface area contributed by atoms with Gasteiger partial charge in [-0.15, -0.1) is 0 Å². The number of carbonyl (C=O) groups is 1. The van der Waals surface area contributed by atoms with Crippen LogP contribution in [0, 0.1) is 0 Å². The maximum absolute atomic E-state index is 12.1. The number of hydrogen-bond donors (Lipinski definition) is 0. The number of hydrogen-bond acceptors (Lipinski definition) is 2. The second-order valence-corrected chi connectivity index (χ2v) is 7.64. The second kappa shape index (κ2) is 6.08. The molecule has 3 heteroatoms. The molecule has 0 radical (unpaired) electrons. The molecule has 0 aliphatic carbocycles. The molecule has 0 aromatic heterocycles. The van der Waals surface area contributed by atoms with Crippen molar-refractivity contribution in [1.29, 1.82) is 0 Å². The molecule has 0 saturated carbocycles. The fourth-order valence-corrected chi connectivity index (χ4v) is 1.98. The molecule has 0 aliphatic heterocycles. The Morgan fingerprint density at radius 1 is 1.05 bits per heavy atom. The van der Waals surface area contributed by atoms with E-state index in [0.717, 1.165) is 5.56 Å². The second-order valence-electron chi connectivity index (χ2n) is 7.64. The molecule has 118 valence electrons. The fourth-order valence-electron chi connectivity index (χ4n) is 1.98. The minimum atomic E-state index is -0.471. The third-order valence-corrected chi connectivity index (χ3v) is 3.52. The smallest absolute Gasteiger partial charge is 0.410 e. The molecule has 1 amide bonds. The first kappa shape index (κ1) is 17.5. The standard InChI is InChI=1S/C18H29NO2/c1-13(19(8)16(20)21-18(5,6)7)14-9-11-15(12-10-14)17(2,3)4/h9-13H,1-8H3/t13-/m1/s1. The van der Waals surface area contributed by atoms with E-state index >= 15 is 0 Å². The lowest BCUT2D eigenvalue weighted by molar-refractivity contribution is 0.0234. The predicted molar refractivity (Wildman–Crippen MR) is 87.6 cm³/mol. The van der Waals surface area contributed by atoms with Crippen molar-refractivity contribution in [3.63, 3.8) is 0 Å². The summed E-state index contributed by atoms with van der Waals surface area (Å²) in [6, 6.07) is 8.43. The monoisotopic (exact) mass is 291 g/mol. The van der Waals surface area contributed by atoms with E-state index in [1.165, 1.54) is 5.56 Å². The summed E-state index contributed by atoms with van der Waals surface area (Å²) in [5, 5.41) is 0. The molecular formula is C18H29NO2. The summed E-state index contributed by atoms with van der Waals surface area (Å²) < 4.78 is 5.41. The van der Waals surface area contributed by atoms with Crippen LogP contribution in [0.5, 0.6) is 0 Å². The van der Waals surface area contributed by atoms with Gasteiger partial charge in [0.2, 0.25) is 0 Å². The molecule has 0 N–H and O–H groups in total. The molecule has 0 bridgehead atoms. The Kier molecular flexibility index (Phi) is 5.08. The topological polar surface area (TPSA) is 29.5 Å². The van der Waals surface area contributed by atoms with Gasteiger partial charge in [-0.25, -0.2) is 4.79 Å². The van der Waals surface area contributed by atoms with Gasteiger partial charge in [0.25, 0.3) is 0 Å². The number of benzene rings is 1. The molecule has 0 saturated heterocycles. The van der Waals surface area contributed by atoms with Gasteiger partial charge in [0.15, 0.2) is 0 Å². The molecule has 3 nitrogen and oxygen atoms in total. The minimum Gasteiger partial charge on any atom is -0.444 e. The molecule has 0 unspecified atom stereocenters. The zero-order chi connectivity index (χ0) is 16.4. The summed E-state index contributed by atoms with van der Waals surface area (Å²) >= 11 is 0. The van der Waals surface area contributed by atoms with E-state index in [9.17, 15) is 4.79 Å². The van der Waals surface area contributed by atoms with Crippen LogP contribution in [-0.4, -0.2) is 23.6 Å². The highest BCUT2D eigenvalue weighted by Crippen LogP contribution is 2.26. The molecule has 0 fully saturated rings. The summed E-state index contributed by atoms with van der Waals surface area (Å²) in [4.78, 5) is 13.7. The quantitative estimate of drug-likeness (QED) is 0.774. The van der Waals surface area contributed by atoms with Crippen LogP contribution in [0.3, 0.4) is 0 Å². The van der Waals surface area contributed by atoms with Crippen LogP contribution in [0.1, 0.15) is 65.6 Å². The van der Waals surface area contributed by atoms with E-state index in [1.54, 1.807) is 11.9 Å². The summed E-state index contributed by atoms with van der Waals surface area (Å²) in [6.45, 7) is 14.2. The first-order chi connectivity index (χ1) is 9.42. The van der Waals surface area contributed by atoms with Crippen molar-refractivity contribution in [1.82, 2.24) is 4.90 Å². The average molecular weight is 291 g/mol. The van der Waals surface area contributed by atoms with Crippen LogP contribution < -0.4 is 0 Å². The molecular weight excluding hydrogens is 262 g/mol. The van der Waals surface area contributed by atoms with E-state index in [2.05, 4.69) is 45.0 Å². The SMILES string of the molecule is C[C@H](c1ccc(C(C)(C)C)cc1)N(C)C(=O)OC(C)(C)C. The first-order valence-corrected chi connectivity index (χ1v) is 7.48. The number of ether oxygens (including phenoxy) is 1. The Labute approximate surface area is 129 Å². The highest BCUT2D eigenvalue weighted by molar-refractivity contribution is 5.68. The number of nitrogens with zero attached hydrogens (tertiary/aromatic N) is 1. The van der Waals surface area contributed by atoms with E-state index < -0.39 is 5.60 Å². The predicted octanol–water partition coefficient (Wildman–Crippen LogP) is 4.91. The van der Waals surface area contributed by atoms with Gasteiger partial charge in [0, 0.05) is 7.05 Å². The van der Waals surface area contributed by atoms with E-state index in [-0.39, 0.29) is 17.6 Å². The van der Waals surface area contributed by atoms with Crippen LogP contribution in [-0.2, 0) is 10.2 Å². The average Bonchev–Trinajstić information content (AvgIpc) is 2.34. The van der Waals surface area contributed by atoms with Gasteiger partial charge in [-0.05, 0) is 44.2 Å². The Morgan fingerprint density at radius 3 is 1.90 bits per heavy atom. The van der Waals surface area contributed by atoms with Crippen molar-refractivity contribution in [2.75, 3.05) is 7.05 Å². The maximum atomic E-state index is 12.1. The molecule has 1 rings (SSSR count). The normalized spacial score (nSPS) is 13.7. The van der Waals surface area contributed by atoms with Gasteiger partial charge in [-0.1, -0.05) is 45.0 Å². The van der Waals surface area contributed by atoms with Gasteiger partial charge in [0.05, 0.1) is 6.04 Å². The van der Waals surface area contributed by atoms with Crippen molar-refractivity contribution in [3.05, 3.63) is 35.4 Å². The Hall–Kier alpha value is -1.51. The Balaban J connectivity index is 2.83. The molecule has 1 aromatic rings. The van der Waals surface area contributed by atoms with Crippen LogP contribution in [0.2, 0.25) is 0 Å². The molecule has 1 aromatic carbocycles. The van der Waals surface area contributed by atoms with Crippen molar-refractivity contribution < 1.29 is 9.53 Å². The highest BCUT2D eigenvalue weighted by atomic mass is 16.6. The fraction of sp³-hybridized carbons (Fsp3) is 0.611. The Morgan fingerprint density at radius 2 is 1.52 bits per heavy atom. The number of rotatable bonds is 2.